The van der Waals surface area contributed by atoms with Crippen molar-refractivity contribution in [3.63, 3.8) is 0 Å². The fourth-order valence-electron chi connectivity index (χ4n) is 1.90. The van der Waals surface area contributed by atoms with Gasteiger partial charge in [-0.15, -0.1) is 11.3 Å². The van der Waals surface area contributed by atoms with Crippen molar-refractivity contribution in [2.24, 2.45) is 0 Å². The van der Waals surface area contributed by atoms with Crippen molar-refractivity contribution in [2.75, 3.05) is 0 Å². The smallest absolute Gasteiger partial charge is 0.226 e. The first kappa shape index (κ1) is 13.8. The van der Waals surface area contributed by atoms with E-state index in [2.05, 4.69) is 17.2 Å². The molecule has 2 aromatic rings. The first-order valence-corrected chi connectivity index (χ1v) is 7.34. The van der Waals surface area contributed by atoms with Gasteiger partial charge in [-0.2, -0.15) is 0 Å². The number of carbonyl (C=O) groups excluding carboxylic acids is 1. The molecule has 0 aliphatic carbocycles. The van der Waals surface area contributed by atoms with Gasteiger partial charge in [-0.05, 0) is 25.5 Å². The molecule has 19 heavy (non-hydrogen) atoms. The molecular weight excluding hydrogens is 260 g/mol. The summed E-state index contributed by atoms with van der Waals surface area (Å²) in [5, 5.41) is 5.69. The van der Waals surface area contributed by atoms with Crippen molar-refractivity contribution in [2.45, 2.75) is 39.2 Å². The topological polar surface area (TPSA) is 55.1 Å². The van der Waals surface area contributed by atoms with Crippen LogP contribution in [0.3, 0.4) is 0 Å². The number of furan rings is 1. The van der Waals surface area contributed by atoms with Gasteiger partial charge < -0.3 is 9.73 Å². The molecule has 0 fully saturated rings. The van der Waals surface area contributed by atoms with Crippen molar-refractivity contribution < 1.29 is 9.21 Å². The zero-order valence-corrected chi connectivity index (χ0v) is 12.0. The molecule has 1 amide bonds. The summed E-state index contributed by atoms with van der Waals surface area (Å²) in [6, 6.07) is 3.92. The van der Waals surface area contributed by atoms with Gasteiger partial charge in [-0.25, -0.2) is 4.98 Å². The van der Waals surface area contributed by atoms with Crippen LogP contribution >= 0.6 is 11.3 Å². The number of rotatable bonds is 6. The Hall–Kier alpha value is -1.62. The van der Waals surface area contributed by atoms with Crippen LogP contribution in [-0.2, 0) is 11.2 Å². The first-order valence-electron chi connectivity index (χ1n) is 6.46. The molecule has 0 radical (unpaired) electrons. The minimum atomic E-state index is 0.0252. The number of nitrogens with one attached hydrogen (secondary N) is 1. The standard InChI is InChI=1S/C14H18N2O2S/c1-3-5-10(2)15-13(17)8-11-9-19-14(16-11)12-6-4-7-18-12/h4,6-7,9-10H,3,5,8H2,1-2H3,(H,15,17). The van der Waals surface area contributed by atoms with Crippen molar-refractivity contribution in [3.8, 4) is 10.8 Å². The molecule has 0 bridgehead atoms. The van der Waals surface area contributed by atoms with E-state index in [0.717, 1.165) is 29.3 Å². The van der Waals surface area contributed by atoms with Crippen LogP contribution in [0, 0.1) is 0 Å². The number of carbonyl (C=O) groups is 1. The average Bonchev–Trinajstić information content (AvgIpc) is 2.98. The van der Waals surface area contributed by atoms with Gasteiger partial charge in [0.1, 0.15) is 0 Å². The Morgan fingerprint density at radius 2 is 2.42 bits per heavy atom. The Balaban J connectivity index is 1.91. The molecular formula is C14H18N2O2S. The van der Waals surface area contributed by atoms with Gasteiger partial charge in [0.25, 0.3) is 0 Å². The van der Waals surface area contributed by atoms with Crippen molar-refractivity contribution in [3.05, 3.63) is 29.5 Å². The molecule has 0 saturated heterocycles. The van der Waals surface area contributed by atoms with Gasteiger partial charge in [-0.3, -0.25) is 4.79 Å². The third-order valence-corrected chi connectivity index (χ3v) is 3.66. The highest BCUT2D eigenvalue weighted by atomic mass is 32.1. The summed E-state index contributed by atoms with van der Waals surface area (Å²) >= 11 is 1.49. The summed E-state index contributed by atoms with van der Waals surface area (Å²) in [4.78, 5) is 16.2. The quantitative estimate of drug-likeness (QED) is 0.882. The van der Waals surface area contributed by atoms with Crippen LogP contribution < -0.4 is 5.32 Å². The summed E-state index contributed by atoms with van der Waals surface area (Å²) < 4.78 is 5.28. The van der Waals surface area contributed by atoms with Crippen LogP contribution in [0.4, 0.5) is 0 Å². The normalized spacial score (nSPS) is 12.3. The maximum absolute atomic E-state index is 11.8. The molecule has 1 N–H and O–H groups in total. The van der Waals surface area contributed by atoms with E-state index in [1.165, 1.54) is 11.3 Å². The predicted octanol–water partition coefficient (Wildman–Crippen LogP) is 3.25. The minimum absolute atomic E-state index is 0.0252. The molecule has 5 heteroatoms. The van der Waals surface area contributed by atoms with E-state index < -0.39 is 0 Å². The van der Waals surface area contributed by atoms with Crippen LogP contribution in [0.25, 0.3) is 10.8 Å². The summed E-state index contributed by atoms with van der Waals surface area (Å²) in [5.41, 5.74) is 0.789. The minimum Gasteiger partial charge on any atom is -0.462 e. The number of aromatic nitrogens is 1. The summed E-state index contributed by atoms with van der Waals surface area (Å²) in [6.07, 6.45) is 4.02. The van der Waals surface area contributed by atoms with Crippen LogP contribution in [-0.4, -0.2) is 16.9 Å². The molecule has 4 nitrogen and oxygen atoms in total. The van der Waals surface area contributed by atoms with Gasteiger partial charge in [0, 0.05) is 11.4 Å². The lowest BCUT2D eigenvalue weighted by atomic mass is 10.2. The van der Waals surface area contributed by atoms with Crippen LogP contribution in [0.15, 0.2) is 28.2 Å². The van der Waals surface area contributed by atoms with E-state index in [1.54, 1.807) is 6.26 Å². The van der Waals surface area contributed by atoms with Crippen molar-refractivity contribution in [1.29, 1.82) is 0 Å². The van der Waals surface area contributed by atoms with Crippen molar-refractivity contribution >= 4 is 17.2 Å². The number of hydrogen-bond acceptors (Lipinski definition) is 4. The summed E-state index contributed by atoms with van der Waals surface area (Å²) in [7, 11) is 0. The second kappa shape index (κ2) is 6.52. The lowest BCUT2D eigenvalue weighted by Gasteiger charge is -2.11. The molecule has 0 saturated carbocycles. The van der Waals surface area contributed by atoms with E-state index in [9.17, 15) is 4.79 Å². The fraction of sp³-hybridized carbons (Fsp3) is 0.429. The Labute approximate surface area is 116 Å². The van der Waals surface area contributed by atoms with Gasteiger partial charge >= 0.3 is 0 Å². The van der Waals surface area contributed by atoms with E-state index in [0.29, 0.717) is 6.42 Å². The van der Waals surface area contributed by atoms with Crippen LogP contribution in [0.1, 0.15) is 32.4 Å². The second-order valence-corrected chi connectivity index (χ2v) is 5.41. The van der Waals surface area contributed by atoms with E-state index in [1.807, 2.05) is 24.4 Å². The SMILES string of the molecule is CCCC(C)NC(=O)Cc1csc(-c2ccco2)n1. The molecule has 2 heterocycles. The molecule has 1 atom stereocenters. The predicted molar refractivity (Wildman–Crippen MR) is 76.0 cm³/mol. The fourth-order valence-corrected chi connectivity index (χ4v) is 2.68. The first-order chi connectivity index (χ1) is 9.19. The largest absolute Gasteiger partial charge is 0.462 e. The Morgan fingerprint density at radius 3 is 3.11 bits per heavy atom. The number of nitrogens with zero attached hydrogens (tertiary/aromatic N) is 1. The number of thiazole rings is 1. The molecule has 0 aliphatic heterocycles. The maximum atomic E-state index is 11.8. The lowest BCUT2D eigenvalue weighted by molar-refractivity contribution is -0.121. The van der Waals surface area contributed by atoms with Gasteiger partial charge in [0.2, 0.25) is 5.91 Å². The second-order valence-electron chi connectivity index (χ2n) is 4.56. The van der Waals surface area contributed by atoms with Crippen molar-refractivity contribution in [1.82, 2.24) is 10.3 Å². The van der Waals surface area contributed by atoms with Crippen LogP contribution in [0.2, 0.25) is 0 Å². The Bertz CT molecular complexity index is 519. The number of hydrogen-bond donors (Lipinski definition) is 1. The monoisotopic (exact) mass is 278 g/mol. The molecule has 0 spiro atoms. The highest BCUT2D eigenvalue weighted by Gasteiger charge is 2.11. The zero-order valence-electron chi connectivity index (χ0n) is 11.2. The third kappa shape index (κ3) is 3.92. The lowest BCUT2D eigenvalue weighted by Crippen LogP contribution is -2.33. The maximum Gasteiger partial charge on any atom is 0.226 e. The molecule has 0 aromatic carbocycles. The molecule has 2 aromatic heterocycles. The molecule has 0 aliphatic rings. The van der Waals surface area contributed by atoms with Gasteiger partial charge in [-0.1, -0.05) is 13.3 Å². The highest BCUT2D eigenvalue weighted by Crippen LogP contribution is 2.24. The van der Waals surface area contributed by atoms with Gasteiger partial charge in [0.15, 0.2) is 10.8 Å². The third-order valence-electron chi connectivity index (χ3n) is 2.75. The van der Waals surface area contributed by atoms with Crippen LogP contribution in [0.5, 0.6) is 0 Å². The number of amides is 1. The highest BCUT2D eigenvalue weighted by molar-refractivity contribution is 7.13. The molecule has 102 valence electrons. The van der Waals surface area contributed by atoms with E-state index in [4.69, 9.17) is 4.42 Å². The van der Waals surface area contributed by atoms with E-state index >= 15 is 0 Å². The molecule has 2 rings (SSSR count). The zero-order chi connectivity index (χ0) is 13.7. The van der Waals surface area contributed by atoms with E-state index in [-0.39, 0.29) is 11.9 Å². The molecule has 1 unspecified atom stereocenters. The average molecular weight is 278 g/mol. The summed E-state index contributed by atoms with van der Waals surface area (Å²) in [5.74, 6) is 0.772. The summed E-state index contributed by atoms with van der Waals surface area (Å²) in [6.45, 7) is 4.13. The van der Waals surface area contributed by atoms with Gasteiger partial charge in [0.05, 0.1) is 18.4 Å². The Kier molecular flexibility index (Phi) is 4.74. The Morgan fingerprint density at radius 1 is 1.58 bits per heavy atom.